The zero-order valence-corrected chi connectivity index (χ0v) is 10.9. The Labute approximate surface area is 111 Å². The highest BCUT2D eigenvalue weighted by Crippen LogP contribution is 2.12. The predicted octanol–water partition coefficient (Wildman–Crippen LogP) is 3.19. The Hall–Kier alpha value is -1.94. The number of hydrogen-bond donors (Lipinski definition) is 1. The Balaban J connectivity index is 2.10. The highest BCUT2D eigenvalue weighted by Gasteiger charge is 1.97. The summed E-state index contributed by atoms with van der Waals surface area (Å²) in [4.78, 5) is 8.44. The molecule has 0 saturated heterocycles. The Morgan fingerprint density at radius 3 is 2.50 bits per heavy atom. The van der Waals surface area contributed by atoms with Gasteiger partial charge < -0.3 is 0 Å². The van der Waals surface area contributed by atoms with Crippen LogP contribution in [-0.2, 0) is 0 Å². The molecule has 1 N–H and O–H groups in total. The maximum Gasteiger partial charge on any atom is 0.243 e. The molecule has 0 aliphatic carbocycles. The van der Waals surface area contributed by atoms with Crippen LogP contribution < -0.4 is 5.43 Å². The van der Waals surface area contributed by atoms with Crippen molar-refractivity contribution in [1.29, 1.82) is 0 Å². The van der Waals surface area contributed by atoms with Gasteiger partial charge in [0, 0.05) is 22.0 Å². The number of hydrogen-bond acceptors (Lipinski definition) is 4. The summed E-state index contributed by atoms with van der Waals surface area (Å²) in [5.74, 6) is 0.482. The first-order valence-corrected chi connectivity index (χ1v) is 5.89. The van der Waals surface area contributed by atoms with Crippen LogP contribution in [-0.4, -0.2) is 16.2 Å². The van der Waals surface area contributed by atoms with Gasteiger partial charge in [0.15, 0.2) is 0 Å². The molecule has 1 aromatic heterocycles. The Bertz CT molecular complexity index is 561. The van der Waals surface area contributed by atoms with E-state index in [0.29, 0.717) is 11.0 Å². The van der Waals surface area contributed by atoms with Crippen molar-refractivity contribution in [3.8, 4) is 0 Å². The van der Waals surface area contributed by atoms with Gasteiger partial charge in [-0.15, -0.1) is 0 Å². The average molecular weight is 261 g/mol. The van der Waals surface area contributed by atoms with E-state index in [1.54, 1.807) is 6.21 Å². The van der Waals surface area contributed by atoms with Gasteiger partial charge >= 0.3 is 0 Å². The molecule has 1 aromatic carbocycles. The van der Waals surface area contributed by atoms with E-state index in [-0.39, 0.29) is 0 Å². The molecule has 5 heteroatoms. The van der Waals surface area contributed by atoms with E-state index in [4.69, 9.17) is 11.6 Å². The number of rotatable bonds is 3. The Morgan fingerprint density at radius 1 is 1.17 bits per heavy atom. The molecule has 0 atom stereocenters. The molecule has 4 nitrogen and oxygen atoms in total. The van der Waals surface area contributed by atoms with Gasteiger partial charge in [0.25, 0.3) is 0 Å². The van der Waals surface area contributed by atoms with Crippen LogP contribution in [0.5, 0.6) is 0 Å². The molecular weight excluding hydrogens is 248 g/mol. The summed E-state index contributed by atoms with van der Waals surface area (Å²) >= 11 is 6.01. The van der Waals surface area contributed by atoms with E-state index in [1.807, 2.05) is 44.2 Å². The van der Waals surface area contributed by atoms with Crippen molar-refractivity contribution in [2.24, 2.45) is 5.10 Å². The lowest BCUT2D eigenvalue weighted by Gasteiger charge is -2.01. The smallest absolute Gasteiger partial charge is 0.243 e. The number of aryl methyl sites for hydroxylation is 2. The van der Waals surface area contributed by atoms with Crippen molar-refractivity contribution in [2.75, 3.05) is 5.43 Å². The molecule has 0 amide bonds. The van der Waals surface area contributed by atoms with Crippen molar-refractivity contribution in [3.05, 3.63) is 52.3 Å². The SMILES string of the molecule is Cc1cc(C)nc(N/N=C/c2ccccc2Cl)n1. The summed E-state index contributed by atoms with van der Waals surface area (Å²) in [5.41, 5.74) is 5.44. The van der Waals surface area contributed by atoms with Crippen LogP contribution in [0.4, 0.5) is 5.95 Å². The first-order chi connectivity index (χ1) is 8.65. The molecule has 18 heavy (non-hydrogen) atoms. The van der Waals surface area contributed by atoms with E-state index >= 15 is 0 Å². The molecule has 0 unspecified atom stereocenters. The molecular formula is C13H13ClN4. The summed E-state index contributed by atoms with van der Waals surface area (Å²) in [6.07, 6.45) is 1.64. The van der Waals surface area contributed by atoms with Crippen LogP contribution >= 0.6 is 11.6 Å². The summed E-state index contributed by atoms with van der Waals surface area (Å²) in [6.45, 7) is 3.83. The minimum absolute atomic E-state index is 0.482. The van der Waals surface area contributed by atoms with Gasteiger partial charge in [-0.2, -0.15) is 5.10 Å². The van der Waals surface area contributed by atoms with Gasteiger partial charge in [0.05, 0.1) is 6.21 Å². The molecule has 2 aromatic rings. The minimum Gasteiger partial charge on any atom is -0.245 e. The predicted molar refractivity (Wildman–Crippen MR) is 74.2 cm³/mol. The lowest BCUT2D eigenvalue weighted by Crippen LogP contribution is -1.99. The number of nitrogens with one attached hydrogen (secondary N) is 1. The fourth-order valence-electron chi connectivity index (χ4n) is 1.52. The molecule has 0 saturated carbocycles. The summed E-state index contributed by atoms with van der Waals surface area (Å²) in [7, 11) is 0. The van der Waals surface area contributed by atoms with Crippen LogP contribution in [0.15, 0.2) is 35.4 Å². The van der Waals surface area contributed by atoms with Gasteiger partial charge in [0.1, 0.15) is 0 Å². The Morgan fingerprint density at radius 2 is 1.83 bits per heavy atom. The number of anilines is 1. The number of nitrogens with zero attached hydrogens (tertiary/aromatic N) is 3. The third-order valence-electron chi connectivity index (χ3n) is 2.26. The second-order valence-electron chi connectivity index (χ2n) is 3.87. The van der Waals surface area contributed by atoms with E-state index in [2.05, 4.69) is 20.5 Å². The second-order valence-corrected chi connectivity index (χ2v) is 4.27. The van der Waals surface area contributed by atoms with Crippen molar-refractivity contribution < 1.29 is 0 Å². The van der Waals surface area contributed by atoms with Gasteiger partial charge in [-0.05, 0) is 26.0 Å². The molecule has 0 aliphatic rings. The number of hydrazone groups is 1. The van der Waals surface area contributed by atoms with Gasteiger partial charge in [-0.25, -0.2) is 15.4 Å². The molecule has 0 bridgehead atoms. The van der Waals surface area contributed by atoms with Crippen LogP contribution in [0.3, 0.4) is 0 Å². The molecule has 2 rings (SSSR count). The van der Waals surface area contributed by atoms with Crippen LogP contribution in [0.2, 0.25) is 5.02 Å². The Kier molecular flexibility index (Phi) is 3.89. The fourth-order valence-corrected chi connectivity index (χ4v) is 1.70. The third-order valence-corrected chi connectivity index (χ3v) is 2.60. The highest BCUT2D eigenvalue weighted by molar-refractivity contribution is 6.33. The maximum atomic E-state index is 6.01. The summed E-state index contributed by atoms with van der Waals surface area (Å²) < 4.78 is 0. The maximum absolute atomic E-state index is 6.01. The molecule has 92 valence electrons. The van der Waals surface area contributed by atoms with Crippen molar-refractivity contribution >= 4 is 23.8 Å². The molecule has 0 spiro atoms. The quantitative estimate of drug-likeness (QED) is 0.681. The van der Waals surface area contributed by atoms with Crippen LogP contribution in [0, 0.1) is 13.8 Å². The summed E-state index contributed by atoms with van der Waals surface area (Å²) in [5, 5.41) is 4.73. The molecule has 0 fully saturated rings. The lowest BCUT2D eigenvalue weighted by molar-refractivity contribution is 1.04. The van der Waals surface area contributed by atoms with E-state index in [1.165, 1.54) is 0 Å². The van der Waals surface area contributed by atoms with Gasteiger partial charge in [-0.1, -0.05) is 29.8 Å². The second kappa shape index (κ2) is 5.60. The third kappa shape index (κ3) is 3.28. The van der Waals surface area contributed by atoms with Gasteiger partial charge in [-0.3, -0.25) is 0 Å². The zero-order valence-electron chi connectivity index (χ0n) is 10.2. The number of halogens is 1. The molecule has 0 aliphatic heterocycles. The first-order valence-electron chi connectivity index (χ1n) is 5.51. The monoisotopic (exact) mass is 260 g/mol. The largest absolute Gasteiger partial charge is 0.245 e. The van der Waals surface area contributed by atoms with Crippen LogP contribution in [0.1, 0.15) is 17.0 Å². The minimum atomic E-state index is 0.482. The van der Waals surface area contributed by atoms with Crippen molar-refractivity contribution in [2.45, 2.75) is 13.8 Å². The standard InChI is InChI=1S/C13H13ClN4/c1-9-7-10(2)17-13(16-9)18-15-8-11-5-3-4-6-12(11)14/h3-8H,1-2H3,(H,16,17,18)/b15-8+. The normalized spacial score (nSPS) is 10.8. The van der Waals surface area contributed by atoms with E-state index in [9.17, 15) is 0 Å². The fraction of sp³-hybridized carbons (Fsp3) is 0.154. The highest BCUT2D eigenvalue weighted by atomic mass is 35.5. The van der Waals surface area contributed by atoms with Crippen molar-refractivity contribution in [1.82, 2.24) is 9.97 Å². The lowest BCUT2D eigenvalue weighted by atomic mass is 10.2. The van der Waals surface area contributed by atoms with Crippen molar-refractivity contribution in [3.63, 3.8) is 0 Å². The number of aromatic nitrogens is 2. The zero-order chi connectivity index (χ0) is 13.0. The van der Waals surface area contributed by atoms with Crippen LogP contribution in [0.25, 0.3) is 0 Å². The van der Waals surface area contributed by atoms with E-state index in [0.717, 1.165) is 17.0 Å². The topological polar surface area (TPSA) is 50.2 Å². The molecule has 0 radical (unpaired) electrons. The van der Waals surface area contributed by atoms with Gasteiger partial charge in [0.2, 0.25) is 5.95 Å². The first kappa shape index (κ1) is 12.5. The average Bonchev–Trinajstić information content (AvgIpc) is 2.30. The summed E-state index contributed by atoms with van der Waals surface area (Å²) in [6, 6.07) is 9.38. The molecule has 1 heterocycles. The van der Waals surface area contributed by atoms with E-state index < -0.39 is 0 Å². The number of benzene rings is 1.